The van der Waals surface area contributed by atoms with Crippen molar-refractivity contribution in [2.24, 2.45) is 0 Å². The number of anilines is 1. The van der Waals surface area contributed by atoms with Crippen LogP contribution < -0.4 is 5.43 Å². The van der Waals surface area contributed by atoms with Crippen molar-refractivity contribution in [3.05, 3.63) is 54.4 Å². The van der Waals surface area contributed by atoms with Gasteiger partial charge in [0.15, 0.2) is 0 Å². The first-order valence-electron chi connectivity index (χ1n) is 7.21. The molecule has 2 rings (SSSR count). The van der Waals surface area contributed by atoms with Gasteiger partial charge in [0.2, 0.25) is 0 Å². The summed E-state index contributed by atoms with van der Waals surface area (Å²) in [6, 6.07) is 10.0. The van der Waals surface area contributed by atoms with Crippen LogP contribution in [0, 0.1) is 0 Å². The van der Waals surface area contributed by atoms with E-state index >= 15 is 0 Å². The molecule has 1 heterocycles. The van der Waals surface area contributed by atoms with Crippen LogP contribution in [-0.4, -0.2) is 15.1 Å². The van der Waals surface area contributed by atoms with Gasteiger partial charge in [-0.2, -0.15) is 4.79 Å². The van der Waals surface area contributed by atoms with Gasteiger partial charge in [-0.3, -0.25) is 5.43 Å². The third kappa shape index (κ3) is 3.70. The van der Waals surface area contributed by atoms with Crippen LogP contribution in [0.5, 0.6) is 0 Å². The smallest absolute Gasteiger partial charge is 0.0896 e. The average Bonchev–Trinajstić information content (AvgIpc) is 2.84. The Hall–Kier alpha value is -2.10. The first-order valence-corrected chi connectivity index (χ1v) is 7.21. The highest BCUT2D eigenvalue weighted by Crippen LogP contribution is 2.13. The molecule has 0 radical (unpaired) electrons. The molecule has 0 unspecified atom stereocenters. The fourth-order valence-electron chi connectivity index (χ4n) is 2.14. The second-order valence-electron chi connectivity index (χ2n) is 4.82. The monoisotopic (exact) mass is 270 g/mol. The first kappa shape index (κ1) is 14.3. The van der Waals surface area contributed by atoms with E-state index in [1.54, 1.807) is 4.79 Å². The highest BCUT2D eigenvalue weighted by molar-refractivity contribution is 5.42. The Morgan fingerprint density at radius 1 is 1.25 bits per heavy atom. The second-order valence-corrected chi connectivity index (χ2v) is 4.82. The molecular formula is C16H22N4. The zero-order chi connectivity index (χ0) is 14.2. The molecule has 106 valence electrons. The van der Waals surface area contributed by atoms with E-state index in [1.165, 1.54) is 12.8 Å². The van der Waals surface area contributed by atoms with E-state index in [-0.39, 0.29) is 0 Å². The Balaban J connectivity index is 2.13. The third-order valence-electron chi connectivity index (χ3n) is 3.21. The molecule has 4 heteroatoms. The van der Waals surface area contributed by atoms with Gasteiger partial charge in [0, 0.05) is 6.42 Å². The minimum absolute atomic E-state index is 0.772. The molecule has 0 aliphatic heterocycles. The van der Waals surface area contributed by atoms with Crippen LogP contribution in [0.2, 0.25) is 0 Å². The normalized spacial score (nSPS) is 10.4. The molecule has 0 bridgehead atoms. The van der Waals surface area contributed by atoms with Crippen LogP contribution >= 0.6 is 0 Å². The molecule has 0 saturated carbocycles. The van der Waals surface area contributed by atoms with Crippen LogP contribution in [0.1, 0.15) is 37.6 Å². The summed E-state index contributed by atoms with van der Waals surface area (Å²) in [7, 11) is 0. The molecule has 20 heavy (non-hydrogen) atoms. The summed E-state index contributed by atoms with van der Waals surface area (Å²) >= 11 is 0. The van der Waals surface area contributed by atoms with E-state index < -0.39 is 0 Å². The number of benzene rings is 1. The zero-order valence-electron chi connectivity index (χ0n) is 12.0. The van der Waals surface area contributed by atoms with Crippen LogP contribution in [0.3, 0.4) is 0 Å². The van der Waals surface area contributed by atoms with Gasteiger partial charge in [0.25, 0.3) is 0 Å². The number of hydrogen-bond acceptors (Lipinski definition) is 3. The number of para-hydroxylation sites is 1. The van der Waals surface area contributed by atoms with Crippen molar-refractivity contribution in [3.8, 4) is 0 Å². The summed E-state index contributed by atoms with van der Waals surface area (Å²) < 4.78 is 0. The van der Waals surface area contributed by atoms with Gasteiger partial charge in [-0.15, -0.1) is 11.7 Å². The van der Waals surface area contributed by atoms with E-state index in [0.717, 1.165) is 36.3 Å². The number of hydrogen-bond donors (Lipinski definition) is 1. The fourth-order valence-corrected chi connectivity index (χ4v) is 2.14. The summed E-state index contributed by atoms with van der Waals surface area (Å²) in [5, 5.41) is 8.52. The quantitative estimate of drug-likeness (QED) is 0.588. The second kappa shape index (κ2) is 7.48. The minimum Gasteiger partial charge on any atom is -0.277 e. The van der Waals surface area contributed by atoms with Gasteiger partial charge in [-0.25, -0.2) is 0 Å². The van der Waals surface area contributed by atoms with Crippen molar-refractivity contribution in [2.75, 3.05) is 5.43 Å². The van der Waals surface area contributed by atoms with Crippen molar-refractivity contribution >= 4 is 5.69 Å². The van der Waals surface area contributed by atoms with Crippen LogP contribution in [-0.2, 0) is 12.8 Å². The largest absolute Gasteiger partial charge is 0.277 e. The summed E-state index contributed by atoms with van der Waals surface area (Å²) in [4.78, 5) is 1.76. The maximum Gasteiger partial charge on any atom is 0.0896 e. The van der Waals surface area contributed by atoms with Gasteiger partial charge >= 0.3 is 0 Å². The lowest BCUT2D eigenvalue weighted by Gasteiger charge is -2.09. The molecule has 0 spiro atoms. The van der Waals surface area contributed by atoms with Gasteiger partial charge in [-0.1, -0.05) is 44.0 Å². The van der Waals surface area contributed by atoms with Crippen molar-refractivity contribution in [1.82, 2.24) is 15.1 Å². The fraction of sp³-hybridized carbons (Fsp3) is 0.375. The SMILES string of the molecule is C=CCc1c(CCCCC)nnn1Nc1ccccc1. The predicted octanol–water partition coefficient (Wildman–Crippen LogP) is 3.61. The molecular weight excluding hydrogens is 248 g/mol. The van der Waals surface area contributed by atoms with E-state index in [1.807, 2.05) is 36.4 Å². The molecule has 1 N–H and O–H groups in total. The highest BCUT2D eigenvalue weighted by atomic mass is 15.6. The summed E-state index contributed by atoms with van der Waals surface area (Å²) in [6.07, 6.45) is 7.25. The molecule has 0 amide bonds. The standard InChI is InChI=1S/C16H22N4/c1-3-5-7-13-15-16(10-4-2)20(19-17-15)18-14-11-8-6-9-12-14/h4,6,8-9,11-12,18H,2-3,5,7,10,13H2,1H3. The molecule has 0 saturated heterocycles. The molecule has 2 aromatic rings. The Kier molecular flexibility index (Phi) is 5.35. The molecule has 1 aromatic heterocycles. The summed E-state index contributed by atoms with van der Waals surface area (Å²) in [5.74, 6) is 0. The number of allylic oxidation sites excluding steroid dienone is 1. The van der Waals surface area contributed by atoms with Gasteiger partial charge in [-0.05, 0) is 30.2 Å². The molecule has 0 atom stereocenters. The number of aromatic nitrogens is 3. The van der Waals surface area contributed by atoms with Crippen LogP contribution in [0.15, 0.2) is 43.0 Å². The molecule has 4 nitrogen and oxygen atoms in total. The first-order chi connectivity index (χ1) is 9.85. The van der Waals surface area contributed by atoms with E-state index in [9.17, 15) is 0 Å². The molecule has 0 fully saturated rings. The number of unbranched alkanes of at least 4 members (excludes halogenated alkanes) is 2. The number of nitrogens with zero attached hydrogens (tertiary/aromatic N) is 3. The van der Waals surface area contributed by atoms with E-state index in [0.29, 0.717) is 0 Å². The van der Waals surface area contributed by atoms with E-state index in [4.69, 9.17) is 0 Å². The lowest BCUT2D eigenvalue weighted by molar-refractivity contribution is 0.701. The third-order valence-corrected chi connectivity index (χ3v) is 3.21. The highest BCUT2D eigenvalue weighted by Gasteiger charge is 2.11. The lowest BCUT2D eigenvalue weighted by Crippen LogP contribution is -2.14. The summed E-state index contributed by atoms with van der Waals surface area (Å²) in [6.45, 7) is 6.03. The van der Waals surface area contributed by atoms with Gasteiger partial charge in [0.1, 0.15) is 0 Å². The number of aryl methyl sites for hydroxylation is 1. The van der Waals surface area contributed by atoms with Crippen LogP contribution in [0.4, 0.5) is 5.69 Å². The molecule has 1 aromatic carbocycles. The van der Waals surface area contributed by atoms with Gasteiger partial charge < -0.3 is 0 Å². The van der Waals surface area contributed by atoms with Crippen molar-refractivity contribution < 1.29 is 0 Å². The Labute approximate surface area is 120 Å². The Bertz CT molecular complexity index is 531. The number of rotatable bonds is 8. The topological polar surface area (TPSA) is 42.7 Å². The maximum atomic E-state index is 4.31. The summed E-state index contributed by atoms with van der Waals surface area (Å²) in [5.41, 5.74) is 6.43. The predicted molar refractivity (Wildman–Crippen MR) is 82.6 cm³/mol. The minimum atomic E-state index is 0.772. The number of nitrogens with one attached hydrogen (secondary N) is 1. The van der Waals surface area contributed by atoms with Crippen molar-refractivity contribution in [1.29, 1.82) is 0 Å². The average molecular weight is 270 g/mol. The Morgan fingerprint density at radius 2 is 2.05 bits per heavy atom. The Morgan fingerprint density at radius 3 is 2.75 bits per heavy atom. The molecule has 0 aliphatic rings. The van der Waals surface area contributed by atoms with Crippen molar-refractivity contribution in [2.45, 2.75) is 39.0 Å². The van der Waals surface area contributed by atoms with Gasteiger partial charge in [0.05, 0.1) is 17.1 Å². The van der Waals surface area contributed by atoms with E-state index in [2.05, 4.69) is 29.2 Å². The molecule has 0 aliphatic carbocycles. The zero-order valence-corrected chi connectivity index (χ0v) is 12.0. The maximum absolute atomic E-state index is 4.31. The lowest BCUT2D eigenvalue weighted by atomic mass is 10.1. The van der Waals surface area contributed by atoms with Crippen molar-refractivity contribution in [3.63, 3.8) is 0 Å². The van der Waals surface area contributed by atoms with Crippen LogP contribution in [0.25, 0.3) is 0 Å².